The number of carboxylic acid groups (broad SMARTS) is 1. The molecule has 5 amide bonds. The molecule has 0 radical (unpaired) electrons. The predicted molar refractivity (Wildman–Crippen MR) is 195 cm³/mol. The number of carbonyl (C=O) groups excluding carboxylic acids is 7. The third kappa shape index (κ3) is 12.6. The molecule has 0 saturated heterocycles. The van der Waals surface area contributed by atoms with Crippen LogP contribution >= 0.6 is 0 Å². The van der Waals surface area contributed by atoms with E-state index in [0.717, 1.165) is 0 Å². The number of nitrogens with one attached hydrogen (secondary N) is 5. The van der Waals surface area contributed by atoms with E-state index in [4.69, 9.17) is 0 Å². The minimum Gasteiger partial charge on any atom is -0.480 e. The fourth-order valence-corrected chi connectivity index (χ4v) is 6.25. The quantitative estimate of drug-likeness (QED) is 0.105. The zero-order valence-corrected chi connectivity index (χ0v) is 31.3. The van der Waals surface area contributed by atoms with Crippen molar-refractivity contribution in [2.75, 3.05) is 6.54 Å². The molecule has 6 atom stereocenters. The van der Waals surface area contributed by atoms with Crippen LogP contribution < -0.4 is 26.6 Å². The predicted octanol–water partition coefficient (Wildman–Crippen LogP) is 1.14. The standard InChI is InChI=1S/C38H51N7O9/c1-6-10-26(33(48)37(52)43-27(38(53)54)17-23-11-8-7-9-12-23)42-30(47)18-24-13-14-29(46)25(24)19-41-35(50)31(21(2)3)45-36(51)32(22(4)5)44-34(49)28-20-39-15-16-40-28/h7-9,11-12,15-16,20-22,24-27,31-32H,6,10,13-14,17-19H2,1-5H3,(H,41,50)(H,42,47)(H,43,52)(H,44,49)(H,45,51)(H,53,54)/t24-,25+,26?,27+,31+,32-/m1/s1. The van der Waals surface area contributed by atoms with Gasteiger partial charge >= 0.3 is 5.97 Å². The number of ketones is 2. The number of aromatic nitrogens is 2. The lowest BCUT2D eigenvalue weighted by atomic mass is 9.91. The Morgan fingerprint density at radius 3 is 2.11 bits per heavy atom. The van der Waals surface area contributed by atoms with Crippen LogP contribution in [0.1, 0.15) is 82.8 Å². The minimum absolute atomic E-state index is 0.0277. The van der Waals surface area contributed by atoms with Gasteiger partial charge < -0.3 is 31.7 Å². The molecule has 54 heavy (non-hydrogen) atoms. The molecule has 0 bridgehead atoms. The number of carbonyl (C=O) groups is 8. The molecule has 0 aliphatic heterocycles. The van der Waals surface area contributed by atoms with Gasteiger partial charge in [-0.05, 0) is 36.2 Å². The van der Waals surface area contributed by atoms with E-state index in [1.165, 1.54) is 18.6 Å². The number of amides is 5. The van der Waals surface area contributed by atoms with Gasteiger partial charge in [-0.2, -0.15) is 0 Å². The summed E-state index contributed by atoms with van der Waals surface area (Å²) in [7, 11) is 0. The van der Waals surface area contributed by atoms with Crippen LogP contribution in [0.3, 0.4) is 0 Å². The summed E-state index contributed by atoms with van der Waals surface area (Å²) in [6.45, 7) is 8.62. The van der Waals surface area contributed by atoms with Crippen LogP contribution in [0.2, 0.25) is 0 Å². The van der Waals surface area contributed by atoms with Crippen LogP contribution in [0.15, 0.2) is 48.9 Å². The lowest BCUT2D eigenvalue weighted by Gasteiger charge is -2.27. The minimum atomic E-state index is -1.36. The largest absolute Gasteiger partial charge is 0.480 e. The molecule has 1 saturated carbocycles. The van der Waals surface area contributed by atoms with E-state index in [2.05, 4.69) is 36.6 Å². The molecular weight excluding hydrogens is 698 g/mol. The first-order valence-corrected chi connectivity index (χ1v) is 18.2. The summed E-state index contributed by atoms with van der Waals surface area (Å²) in [5, 5.41) is 22.6. The van der Waals surface area contributed by atoms with Crippen molar-refractivity contribution in [2.24, 2.45) is 23.7 Å². The number of aliphatic carboxylic acids is 1. The molecule has 6 N–H and O–H groups in total. The van der Waals surface area contributed by atoms with E-state index in [-0.39, 0.29) is 55.5 Å². The van der Waals surface area contributed by atoms with Crippen molar-refractivity contribution in [1.29, 1.82) is 0 Å². The zero-order valence-electron chi connectivity index (χ0n) is 31.3. The van der Waals surface area contributed by atoms with Crippen molar-refractivity contribution in [3.63, 3.8) is 0 Å². The fraction of sp³-hybridized carbons (Fsp3) is 0.526. The summed E-state index contributed by atoms with van der Waals surface area (Å²) in [6, 6.07) is 4.05. The lowest BCUT2D eigenvalue weighted by molar-refractivity contribution is -0.145. The highest BCUT2D eigenvalue weighted by Crippen LogP contribution is 2.31. The molecule has 1 aliphatic carbocycles. The summed E-state index contributed by atoms with van der Waals surface area (Å²) in [5.74, 6) is -7.77. The molecule has 1 unspecified atom stereocenters. The molecule has 1 aromatic heterocycles. The van der Waals surface area contributed by atoms with Crippen molar-refractivity contribution >= 4 is 47.1 Å². The van der Waals surface area contributed by atoms with Gasteiger partial charge in [-0.3, -0.25) is 38.5 Å². The number of rotatable bonds is 20. The second-order valence-corrected chi connectivity index (χ2v) is 14.2. The van der Waals surface area contributed by atoms with E-state index in [9.17, 15) is 43.5 Å². The molecule has 1 fully saturated rings. The van der Waals surface area contributed by atoms with E-state index < -0.39 is 77.3 Å². The van der Waals surface area contributed by atoms with Gasteiger partial charge in [0.25, 0.3) is 11.8 Å². The first-order valence-electron chi connectivity index (χ1n) is 18.2. The topological polar surface area (TPSA) is 243 Å². The molecule has 1 heterocycles. The summed E-state index contributed by atoms with van der Waals surface area (Å²) in [4.78, 5) is 111. The number of carboxylic acids is 1. The highest BCUT2D eigenvalue weighted by atomic mass is 16.4. The molecule has 16 heteroatoms. The molecule has 16 nitrogen and oxygen atoms in total. The van der Waals surface area contributed by atoms with Crippen LogP contribution in [0.25, 0.3) is 0 Å². The average molecular weight is 750 g/mol. The maximum atomic E-state index is 13.4. The van der Waals surface area contributed by atoms with Crippen molar-refractivity contribution in [2.45, 2.75) is 97.3 Å². The summed E-state index contributed by atoms with van der Waals surface area (Å²) in [5.41, 5.74) is 0.678. The third-order valence-electron chi connectivity index (χ3n) is 9.31. The van der Waals surface area contributed by atoms with Crippen molar-refractivity contribution in [1.82, 2.24) is 36.6 Å². The average Bonchev–Trinajstić information content (AvgIpc) is 3.48. The number of nitrogens with zero attached hydrogens (tertiary/aromatic N) is 2. The maximum Gasteiger partial charge on any atom is 0.326 e. The van der Waals surface area contributed by atoms with Gasteiger partial charge in [0.2, 0.25) is 23.5 Å². The highest BCUT2D eigenvalue weighted by molar-refractivity contribution is 6.38. The van der Waals surface area contributed by atoms with Crippen LogP contribution in [-0.2, 0) is 40.0 Å². The third-order valence-corrected chi connectivity index (χ3v) is 9.31. The van der Waals surface area contributed by atoms with Crippen molar-refractivity contribution in [3.05, 3.63) is 60.2 Å². The van der Waals surface area contributed by atoms with Crippen molar-refractivity contribution < 1.29 is 43.5 Å². The van der Waals surface area contributed by atoms with Crippen molar-refractivity contribution in [3.8, 4) is 0 Å². The molecule has 1 aliphatic rings. The van der Waals surface area contributed by atoms with Gasteiger partial charge in [0, 0.05) is 44.1 Å². The second kappa shape index (κ2) is 20.6. The summed E-state index contributed by atoms with van der Waals surface area (Å²) < 4.78 is 0. The molecule has 3 rings (SSSR count). The van der Waals surface area contributed by atoms with Gasteiger partial charge in [0.1, 0.15) is 29.6 Å². The Bertz CT molecular complexity index is 1650. The SMILES string of the molecule is CCCC(NC(=O)C[C@H]1CCC(=O)[C@H]1CNC(=O)[C@@H](NC(=O)[C@H](NC(=O)c1cnccn1)C(C)C)C(C)C)C(=O)C(=O)N[C@@H](Cc1ccccc1)C(=O)O. The van der Waals surface area contributed by atoms with E-state index in [1.54, 1.807) is 65.0 Å². The number of benzene rings is 1. The Hall–Kier alpha value is -5.54. The normalized spacial score (nSPS) is 17.5. The maximum absolute atomic E-state index is 13.4. The summed E-state index contributed by atoms with van der Waals surface area (Å²) in [6.07, 6.45) is 4.95. The Labute approximate surface area is 314 Å². The number of Topliss-reactive ketones (excluding diaryl/α,β-unsaturated/α-hetero) is 2. The Kier molecular flexibility index (Phi) is 16.4. The first-order chi connectivity index (χ1) is 25.6. The Morgan fingerprint density at radius 1 is 0.852 bits per heavy atom. The van der Waals surface area contributed by atoms with E-state index in [0.29, 0.717) is 18.4 Å². The monoisotopic (exact) mass is 749 g/mol. The number of hydrogen-bond donors (Lipinski definition) is 6. The smallest absolute Gasteiger partial charge is 0.326 e. The Balaban J connectivity index is 1.59. The van der Waals surface area contributed by atoms with E-state index in [1.807, 2.05) is 0 Å². The summed E-state index contributed by atoms with van der Waals surface area (Å²) >= 11 is 0. The van der Waals surface area contributed by atoms with Gasteiger partial charge in [-0.1, -0.05) is 71.4 Å². The van der Waals surface area contributed by atoms with Gasteiger partial charge in [-0.15, -0.1) is 0 Å². The van der Waals surface area contributed by atoms with Crippen LogP contribution in [0.4, 0.5) is 0 Å². The first kappa shape index (κ1) is 42.9. The zero-order chi connectivity index (χ0) is 39.9. The second-order valence-electron chi connectivity index (χ2n) is 14.2. The van der Waals surface area contributed by atoms with Gasteiger partial charge in [0.05, 0.1) is 12.2 Å². The van der Waals surface area contributed by atoms with Gasteiger partial charge in [-0.25, -0.2) is 9.78 Å². The number of hydrogen-bond acceptors (Lipinski definition) is 10. The lowest BCUT2D eigenvalue weighted by Crippen LogP contribution is -2.57. The van der Waals surface area contributed by atoms with E-state index >= 15 is 0 Å². The molecule has 1 aromatic carbocycles. The fourth-order valence-electron chi connectivity index (χ4n) is 6.25. The molecular formula is C38H51N7O9. The highest BCUT2D eigenvalue weighted by Gasteiger charge is 2.38. The van der Waals surface area contributed by atoms with Crippen LogP contribution in [-0.4, -0.2) is 92.9 Å². The van der Waals surface area contributed by atoms with Crippen LogP contribution in [0, 0.1) is 23.7 Å². The molecule has 2 aromatic rings. The molecule has 0 spiro atoms. The Morgan fingerprint density at radius 2 is 1.52 bits per heavy atom. The molecule has 292 valence electrons. The van der Waals surface area contributed by atoms with Crippen LogP contribution in [0.5, 0.6) is 0 Å². The van der Waals surface area contributed by atoms with Gasteiger partial charge in [0.15, 0.2) is 0 Å².